The van der Waals surface area contributed by atoms with E-state index in [1.807, 2.05) is 13.0 Å². The highest BCUT2D eigenvalue weighted by Crippen LogP contribution is 2.30. The van der Waals surface area contributed by atoms with Gasteiger partial charge < -0.3 is 24.4 Å². The Hall–Kier alpha value is -4.60. The summed E-state index contributed by atoms with van der Waals surface area (Å²) in [6.07, 6.45) is 0.148. The fourth-order valence-corrected chi connectivity index (χ4v) is 4.39. The Morgan fingerprint density at radius 1 is 0.949 bits per heavy atom. The molecule has 0 saturated carbocycles. The predicted octanol–water partition coefficient (Wildman–Crippen LogP) is 4.65. The number of carbonyl (C=O) groups is 3. The average molecular weight is 536 g/mol. The van der Waals surface area contributed by atoms with Crippen LogP contribution in [0.1, 0.15) is 18.9 Å². The molecule has 0 aliphatic carbocycles. The second-order valence-electron chi connectivity index (χ2n) is 8.79. The van der Waals surface area contributed by atoms with E-state index in [1.165, 1.54) is 36.3 Å². The number of carbonyl (C=O) groups excluding carboxylic acids is 3. The Balaban J connectivity index is 1.54. The van der Waals surface area contributed by atoms with Crippen molar-refractivity contribution in [3.8, 4) is 17.2 Å². The molecule has 0 aromatic heterocycles. The molecule has 0 bridgehead atoms. The largest absolute Gasteiger partial charge is 0.494 e. The topological polar surface area (TPSA) is 97.4 Å². The standard InChI is InChI=1S/C29H30FN3O6/c1-4-39-23-12-8-21(9-13-23)31-27(34)18-24-28(35)33(22-10-6-20(30)7-11-22)29(36)32(24)16-15-19-5-14-25(37-2)26(17-19)38-3/h5-14,17,24H,4,15-16,18H2,1-3H3,(H,31,34)/t24-/m0/s1. The zero-order chi connectivity index (χ0) is 27.9. The Bertz CT molecular complexity index is 1330. The summed E-state index contributed by atoms with van der Waals surface area (Å²) < 4.78 is 29.6. The molecule has 4 rings (SSSR count). The molecule has 1 aliphatic heterocycles. The Kier molecular flexibility index (Phi) is 8.65. The molecule has 39 heavy (non-hydrogen) atoms. The number of methoxy groups -OCH3 is 2. The molecule has 0 spiro atoms. The number of imide groups is 1. The number of ether oxygens (including phenoxy) is 3. The number of nitrogens with zero attached hydrogens (tertiary/aromatic N) is 2. The molecule has 1 atom stereocenters. The molecule has 1 fully saturated rings. The van der Waals surface area contributed by atoms with Gasteiger partial charge in [0.25, 0.3) is 5.91 Å². The van der Waals surface area contributed by atoms with E-state index in [9.17, 15) is 18.8 Å². The third-order valence-corrected chi connectivity index (χ3v) is 6.32. The Morgan fingerprint density at radius 2 is 1.64 bits per heavy atom. The number of urea groups is 1. The van der Waals surface area contributed by atoms with Gasteiger partial charge in [0.2, 0.25) is 5.91 Å². The maximum absolute atomic E-state index is 13.5. The average Bonchev–Trinajstić information content (AvgIpc) is 3.17. The van der Waals surface area contributed by atoms with E-state index >= 15 is 0 Å². The fourth-order valence-electron chi connectivity index (χ4n) is 4.39. The van der Waals surface area contributed by atoms with Crippen molar-refractivity contribution in [2.75, 3.05) is 37.6 Å². The second kappa shape index (κ2) is 12.3. The third-order valence-electron chi connectivity index (χ3n) is 6.32. The van der Waals surface area contributed by atoms with Gasteiger partial charge in [-0.2, -0.15) is 0 Å². The number of nitrogens with one attached hydrogen (secondary N) is 1. The first kappa shape index (κ1) is 27.4. The molecule has 204 valence electrons. The van der Waals surface area contributed by atoms with Crippen molar-refractivity contribution in [1.82, 2.24) is 4.90 Å². The lowest BCUT2D eigenvalue weighted by molar-refractivity contribution is -0.124. The van der Waals surface area contributed by atoms with Crippen LogP contribution >= 0.6 is 0 Å². The summed E-state index contributed by atoms with van der Waals surface area (Å²) in [4.78, 5) is 42.2. The molecule has 10 heteroatoms. The van der Waals surface area contributed by atoms with E-state index in [0.717, 1.165) is 10.5 Å². The van der Waals surface area contributed by atoms with Gasteiger partial charge in [0.1, 0.15) is 17.6 Å². The summed E-state index contributed by atoms with van der Waals surface area (Å²) in [5.41, 5.74) is 1.62. The van der Waals surface area contributed by atoms with Gasteiger partial charge in [-0.1, -0.05) is 6.07 Å². The third kappa shape index (κ3) is 6.28. The summed E-state index contributed by atoms with van der Waals surface area (Å²) in [5, 5.41) is 2.77. The normalized spacial score (nSPS) is 14.9. The van der Waals surface area contributed by atoms with Crippen LogP contribution in [0.15, 0.2) is 66.7 Å². The number of hydrogen-bond acceptors (Lipinski definition) is 6. The molecule has 3 aromatic rings. The lowest BCUT2D eigenvalue weighted by atomic mass is 10.1. The van der Waals surface area contributed by atoms with Gasteiger partial charge >= 0.3 is 6.03 Å². The highest BCUT2D eigenvalue weighted by Gasteiger charge is 2.46. The fraction of sp³-hybridized carbons (Fsp3) is 0.276. The molecule has 1 N–H and O–H groups in total. The van der Waals surface area contributed by atoms with Crippen molar-refractivity contribution in [3.63, 3.8) is 0 Å². The van der Waals surface area contributed by atoms with E-state index in [0.29, 0.717) is 36.0 Å². The van der Waals surface area contributed by atoms with Crippen LogP contribution in [0.4, 0.5) is 20.6 Å². The maximum Gasteiger partial charge on any atom is 0.332 e. The predicted molar refractivity (Wildman–Crippen MR) is 144 cm³/mol. The van der Waals surface area contributed by atoms with Crippen LogP contribution in [0.5, 0.6) is 17.2 Å². The first-order chi connectivity index (χ1) is 18.8. The molecule has 0 radical (unpaired) electrons. The van der Waals surface area contributed by atoms with Crippen LogP contribution < -0.4 is 24.4 Å². The van der Waals surface area contributed by atoms with E-state index in [2.05, 4.69) is 5.32 Å². The summed E-state index contributed by atoms with van der Waals surface area (Å²) in [5.74, 6) is 0.305. The van der Waals surface area contributed by atoms with Crippen LogP contribution in [-0.4, -0.2) is 56.2 Å². The number of hydrogen-bond donors (Lipinski definition) is 1. The Morgan fingerprint density at radius 3 is 2.28 bits per heavy atom. The maximum atomic E-state index is 13.5. The van der Waals surface area contributed by atoms with Crippen LogP contribution in [0.3, 0.4) is 0 Å². The minimum absolute atomic E-state index is 0.165. The first-order valence-electron chi connectivity index (χ1n) is 12.5. The van der Waals surface area contributed by atoms with Gasteiger partial charge in [0.05, 0.1) is 32.9 Å². The number of benzene rings is 3. The van der Waals surface area contributed by atoms with E-state index in [-0.39, 0.29) is 18.7 Å². The number of amides is 4. The number of rotatable bonds is 11. The van der Waals surface area contributed by atoms with Gasteiger partial charge in [-0.3, -0.25) is 9.59 Å². The second-order valence-corrected chi connectivity index (χ2v) is 8.79. The van der Waals surface area contributed by atoms with Crippen molar-refractivity contribution < 1.29 is 33.0 Å². The van der Waals surface area contributed by atoms with Crippen LogP contribution in [0.25, 0.3) is 0 Å². The molecule has 1 heterocycles. The van der Waals surface area contributed by atoms with E-state index in [1.54, 1.807) is 43.5 Å². The Labute approximate surface area is 226 Å². The van der Waals surface area contributed by atoms with Gasteiger partial charge in [-0.05, 0) is 79.6 Å². The molecule has 3 aromatic carbocycles. The molecular weight excluding hydrogens is 505 g/mol. The summed E-state index contributed by atoms with van der Waals surface area (Å²) >= 11 is 0. The van der Waals surface area contributed by atoms with Crippen LogP contribution in [0.2, 0.25) is 0 Å². The lowest BCUT2D eigenvalue weighted by Gasteiger charge is -2.22. The minimum atomic E-state index is -1.04. The molecule has 1 saturated heterocycles. The SMILES string of the molecule is CCOc1ccc(NC(=O)C[C@H]2C(=O)N(c3ccc(F)cc3)C(=O)N2CCc2ccc(OC)c(OC)c2)cc1. The van der Waals surface area contributed by atoms with Crippen LogP contribution in [-0.2, 0) is 16.0 Å². The van der Waals surface area contributed by atoms with Crippen LogP contribution in [0, 0.1) is 5.82 Å². The number of halogens is 1. The smallest absolute Gasteiger partial charge is 0.332 e. The molecule has 1 aliphatic rings. The quantitative estimate of drug-likeness (QED) is 0.359. The summed E-state index contributed by atoms with van der Waals surface area (Å²) in [6, 6.07) is 15.7. The summed E-state index contributed by atoms with van der Waals surface area (Å²) in [7, 11) is 3.07. The van der Waals surface area contributed by atoms with E-state index in [4.69, 9.17) is 14.2 Å². The highest BCUT2D eigenvalue weighted by atomic mass is 19.1. The molecule has 0 unspecified atom stereocenters. The monoisotopic (exact) mass is 535 g/mol. The van der Waals surface area contributed by atoms with Crippen molar-refractivity contribution in [2.45, 2.75) is 25.8 Å². The molecule has 4 amide bonds. The van der Waals surface area contributed by atoms with Crippen molar-refractivity contribution >= 4 is 29.2 Å². The zero-order valence-corrected chi connectivity index (χ0v) is 22.0. The van der Waals surface area contributed by atoms with Crippen molar-refractivity contribution in [1.29, 1.82) is 0 Å². The minimum Gasteiger partial charge on any atom is -0.494 e. The lowest BCUT2D eigenvalue weighted by Crippen LogP contribution is -2.39. The van der Waals surface area contributed by atoms with Gasteiger partial charge in [0.15, 0.2) is 11.5 Å². The van der Waals surface area contributed by atoms with Gasteiger partial charge in [-0.15, -0.1) is 0 Å². The molecule has 9 nitrogen and oxygen atoms in total. The van der Waals surface area contributed by atoms with Gasteiger partial charge in [-0.25, -0.2) is 14.1 Å². The first-order valence-corrected chi connectivity index (χ1v) is 12.5. The number of anilines is 2. The molecular formula is C29H30FN3O6. The zero-order valence-electron chi connectivity index (χ0n) is 22.0. The highest BCUT2D eigenvalue weighted by molar-refractivity contribution is 6.22. The van der Waals surface area contributed by atoms with Crippen molar-refractivity contribution in [3.05, 3.63) is 78.1 Å². The summed E-state index contributed by atoms with van der Waals surface area (Å²) in [6.45, 7) is 2.56. The van der Waals surface area contributed by atoms with E-state index < -0.39 is 29.7 Å². The van der Waals surface area contributed by atoms with Crippen molar-refractivity contribution in [2.24, 2.45) is 0 Å². The van der Waals surface area contributed by atoms with Gasteiger partial charge in [0, 0.05) is 12.2 Å².